The Hall–Kier alpha value is -2.01. The van der Waals surface area contributed by atoms with Crippen molar-refractivity contribution in [2.75, 3.05) is 19.5 Å². The topological polar surface area (TPSA) is 56.3 Å². The number of methoxy groups -OCH3 is 2. The molecule has 6 heteroatoms. The highest BCUT2D eigenvalue weighted by molar-refractivity contribution is 6.28. The summed E-state index contributed by atoms with van der Waals surface area (Å²) in [6, 6.07) is 5.49. The van der Waals surface area contributed by atoms with Gasteiger partial charge in [-0.15, -0.1) is 0 Å². The minimum absolute atomic E-state index is 0.197. The summed E-state index contributed by atoms with van der Waals surface area (Å²) in [6.45, 7) is 1.90. The van der Waals surface area contributed by atoms with Crippen LogP contribution in [0.5, 0.6) is 11.5 Å². The Kier molecular flexibility index (Phi) is 4.06. The van der Waals surface area contributed by atoms with E-state index in [0.29, 0.717) is 17.3 Å². The van der Waals surface area contributed by atoms with Gasteiger partial charge in [-0.05, 0) is 18.5 Å². The molecule has 5 nitrogen and oxygen atoms in total. The summed E-state index contributed by atoms with van der Waals surface area (Å²) in [5.74, 6) is 2.04. The fourth-order valence-electron chi connectivity index (χ4n) is 1.56. The van der Waals surface area contributed by atoms with Crippen LogP contribution in [-0.2, 0) is 0 Å². The number of hydrogen-bond donors (Lipinski definition) is 1. The lowest BCUT2D eigenvalue weighted by atomic mass is 10.2. The monoisotopic (exact) mass is 279 g/mol. The van der Waals surface area contributed by atoms with Gasteiger partial charge in [0, 0.05) is 35.6 Å². The van der Waals surface area contributed by atoms with Gasteiger partial charge in [-0.3, -0.25) is 0 Å². The largest absolute Gasteiger partial charge is 0.497 e. The summed E-state index contributed by atoms with van der Waals surface area (Å²) in [6.07, 6.45) is 1.66. The van der Waals surface area contributed by atoms with E-state index in [9.17, 15) is 0 Å². The van der Waals surface area contributed by atoms with Gasteiger partial charge in [-0.1, -0.05) is 0 Å². The minimum atomic E-state index is 0.197. The average molecular weight is 280 g/mol. The number of halogens is 1. The molecule has 0 aliphatic heterocycles. The smallest absolute Gasteiger partial charge is 0.224 e. The van der Waals surface area contributed by atoms with Crippen molar-refractivity contribution in [3.63, 3.8) is 0 Å². The number of hydrogen-bond acceptors (Lipinski definition) is 5. The molecule has 19 heavy (non-hydrogen) atoms. The van der Waals surface area contributed by atoms with Crippen molar-refractivity contribution >= 4 is 23.1 Å². The van der Waals surface area contributed by atoms with Crippen LogP contribution in [0, 0.1) is 6.92 Å². The first-order valence-corrected chi connectivity index (χ1v) is 5.99. The molecular weight excluding hydrogens is 266 g/mol. The molecule has 1 heterocycles. The second-order valence-corrected chi connectivity index (χ2v) is 4.24. The van der Waals surface area contributed by atoms with Crippen LogP contribution in [0.3, 0.4) is 0 Å². The van der Waals surface area contributed by atoms with Crippen molar-refractivity contribution in [1.29, 1.82) is 0 Å². The first-order valence-electron chi connectivity index (χ1n) is 5.61. The molecule has 100 valence electrons. The fraction of sp³-hybridized carbons (Fsp3) is 0.231. The van der Waals surface area contributed by atoms with Crippen LogP contribution in [0.1, 0.15) is 5.56 Å². The molecule has 2 rings (SSSR count). The van der Waals surface area contributed by atoms with Gasteiger partial charge in [-0.25, -0.2) is 9.97 Å². The van der Waals surface area contributed by atoms with Crippen LogP contribution < -0.4 is 14.8 Å². The number of aromatic nitrogens is 2. The molecule has 0 atom stereocenters. The highest BCUT2D eigenvalue weighted by atomic mass is 35.5. The second-order valence-electron chi connectivity index (χ2n) is 3.90. The molecule has 0 bridgehead atoms. The Bertz CT molecular complexity index is 568. The molecule has 0 aliphatic carbocycles. The molecule has 2 aromatic rings. The predicted molar refractivity (Wildman–Crippen MR) is 74.6 cm³/mol. The van der Waals surface area contributed by atoms with E-state index in [2.05, 4.69) is 15.3 Å². The number of rotatable bonds is 4. The van der Waals surface area contributed by atoms with Gasteiger partial charge in [0.05, 0.1) is 14.2 Å². The van der Waals surface area contributed by atoms with Crippen molar-refractivity contribution in [3.8, 4) is 11.5 Å². The van der Waals surface area contributed by atoms with Gasteiger partial charge in [0.1, 0.15) is 17.3 Å². The number of nitrogens with zero attached hydrogens (tertiary/aromatic N) is 2. The Morgan fingerprint density at radius 2 is 1.74 bits per heavy atom. The number of benzene rings is 1. The number of ether oxygens (including phenoxy) is 2. The molecule has 1 aromatic heterocycles. The summed E-state index contributed by atoms with van der Waals surface area (Å²) in [5, 5.41) is 3.36. The molecule has 1 N–H and O–H groups in total. The molecule has 0 saturated heterocycles. The van der Waals surface area contributed by atoms with E-state index in [1.54, 1.807) is 26.5 Å². The predicted octanol–water partition coefficient (Wildman–Crippen LogP) is 3.20. The third-order valence-electron chi connectivity index (χ3n) is 2.56. The van der Waals surface area contributed by atoms with Crippen molar-refractivity contribution < 1.29 is 9.47 Å². The van der Waals surface area contributed by atoms with Gasteiger partial charge in [0.25, 0.3) is 0 Å². The second kappa shape index (κ2) is 5.75. The summed E-state index contributed by atoms with van der Waals surface area (Å²) < 4.78 is 10.4. The first kappa shape index (κ1) is 13.4. The van der Waals surface area contributed by atoms with E-state index >= 15 is 0 Å². The van der Waals surface area contributed by atoms with Gasteiger partial charge < -0.3 is 14.8 Å². The number of nitrogens with one attached hydrogen (secondary N) is 1. The van der Waals surface area contributed by atoms with Crippen LogP contribution in [0.25, 0.3) is 0 Å². The molecule has 1 aromatic carbocycles. The molecule has 0 saturated carbocycles. The minimum Gasteiger partial charge on any atom is -0.497 e. The molecule has 0 amide bonds. The lowest BCUT2D eigenvalue weighted by Gasteiger charge is -2.11. The zero-order valence-electron chi connectivity index (χ0n) is 10.9. The standard InChI is InChI=1S/C13H14ClN3O2/c1-8-7-15-13(14)17-12(8)16-9-4-10(18-2)6-11(5-9)19-3/h4-7H,1-3H3,(H,15,16,17). The first-order chi connectivity index (χ1) is 9.12. The lowest BCUT2D eigenvalue weighted by Crippen LogP contribution is -1.99. The maximum atomic E-state index is 5.79. The van der Waals surface area contributed by atoms with Gasteiger partial charge in [-0.2, -0.15) is 0 Å². The third kappa shape index (κ3) is 3.26. The van der Waals surface area contributed by atoms with Crippen molar-refractivity contribution in [2.24, 2.45) is 0 Å². The van der Waals surface area contributed by atoms with Gasteiger partial charge in [0.2, 0.25) is 5.28 Å². The van der Waals surface area contributed by atoms with Crippen LogP contribution in [0.4, 0.5) is 11.5 Å². The summed E-state index contributed by atoms with van der Waals surface area (Å²) in [7, 11) is 3.21. The van der Waals surface area contributed by atoms with Crippen LogP contribution in [0.2, 0.25) is 5.28 Å². The average Bonchev–Trinajstić information content (AvgIpc) is 2.42. The Labute approximate surface area is 116 Å². The SMILES string of the molecule is COc1cc(Nc2nc(Cl)ncc2C)cc(OC)c1. The molecule has 0 fully saturated rings. The molecule has 0 aliphatic rings. The zero-order chi connectivity index (χ0) is 13.8. The summed E-state index contributed by atoms with van der Waals surface area (Å²) in [4.78, 5) is 8.05. The Balaban J connectivity index is 2.34. The quantitative estimate of drug-likeness (QED) is 0.871. The fourth-order valence-corrected chi connectivity index (χ4v) is 1.70. The van der Waals surface area contributed by atoms with Crippen LogP contribution in [-0.4, -0.2) is 24.2 Å². The maximum Gasteiger partial charge on any atom is 0.224 e. The van der Waals surface area contributed by atoms with Crippen LogP contribution in [0.15, 0.2) is 24.4 Å². The van der Waals surface area contributed by atoms with Gasteiger partial charge >= 0.3 is 0 Å². The summed E-state index contributed by atoms with van der Waals surface area (Å²) >= 11 is 5.79. The van der Waals surface area contributed by atoms with E-state index in [1.165, 1.54) is 0 Å². The lowest BCUT2D eigenvalue weighted by molar-refractivity contribution is 0.395. The van der Waals surface area contributed by atoms with Crippen molar-refractivity contribution in [3.05, 3.63) is 35.2 Å². The van der Waals surface area contributed by atoms with E-state index in [4.69, 9.17) is 21.1 Å². The van der Waals surface area contributed by atoms with E-state index in [0.717, 1.165) is 11.3 Å². The van der Waals surface area contributed by atoms with Crippen molar-refractivity contribution in [1.82, 2.24) is 9.97 Å². The highest BCUT2D eigenvalue weighted by Gasteiger charge is 2.06. The highest BCUT2D eigenvalue weighted by Crippen LogP contribution is 2.28. The summed E-state index contributed by atoms with van der Waals surface area (Å²) in [5.41, 5.74) is 1.69. The van der Waals surface area contributed by atoms with Crippen LogP contribution >= 0.6 is 11.6 Å². The normalized spacial score (nSPS) is 10.1. The number of aryl methyl sites for hydroxylation is 1. The molecule has 0 spiro atoms. The van der Waals surface area contributed by atoms with E-state index in [-0.39, 0.29) is 5.28 Å². The zero-order valence-corrected chi connectivity index (χ0v) is 11.7. The van der Waals surface area contributed by atoms with Crippen molar-refractivity contribution in [2.45, 2.75) is 6.92 Å². The number of anilines is 2. The third-order valence-corrected chi connectivity index (χ3v) is 2.74. The van der Waals surface area contributed by atoms with Gasteiger partial charge in [0.15, 0.2) is 0 Å². The molecule has 0 radical (unpaired) electrons. The molecular formula is C13H14ClN3O2. The van der Waals surface area contributed by atoms with E-state index in [1.807, 2.05) is 19.1 Å². The van der Waals surface area contributed by atoms with E-state index < -0.39 is 0 Å². The molecule has 0 unspecified atom stereocenters. The maximum absolute atomic E-state index is 5.79. The Morgan fingerprint density at radius 1 is 1.11 bits per heavy atom. The Morgan fingerprint density at radius 3 is 2.32 bits per heavy atom.